The van der Waals surface area contributed by atoms with E-state index in [0.717, 1.165) is 23.3 Å². The van der Waals surface area contributed by atoms with Crippen LogP contribution in [0, 0.1) is 13.8 Å². The molecule has 0 unspecified atom stereocenters. The third kappa shape index (κ3) is 4.27. The number of amides is 1. The lowest BCUT2D eigenvalue weighted by Gasteiger charge is -2.17. The minimum Gasteiger partial charge on any atom is -0.322 e. The molecule has 152 valence electrons. The van der Waals surface area contributed by atoms with E-state index in [1.54, 1.807) is 12.1 Å². The fourth-order valence-corrected chi connectivity index (χ4v) is 4.16. The van der Waals surface area contributed by atoms with E-state index < -0.39 is 9.84 Å². The maximum absolute atomic E-state index is 12.9. The number of rotatable bonds is 5. The molecule has 1 heterocycles. The van der Waals surface area contributed by atoms with Crippen LogP contribution >= 0.6 is 0 Å². The molecule has 0 bridgehead atoms. The van der Waals surface area contributed by atoms with Gasteiger partial charge >= 0.3 is 0 Å². The number of benzene rings is 2. The molecule has 3 aromatic rings. The molecule has 3 rings (SSSR count). The Morgan fingerprint density at radius 2 is 1.62 bits per heavy atom. The van der Waals surface area contributed by atoms with E-state index in [0.29, 0.717) is 17.2 Å². The van der Waals surface area contributed by atoms with Crippen LogP contribution in [-0.2, 0) is 9.84 Å². The zero-order valence-electron chi connectivity index (χ0n) is 17.4. The number of aryl methyl sites for hydroxylation is 1. The Morgan fingerprint density at radius 3 is 2.21 bits per heavy atom. The van der Waals surface area contributed by atoms with Gasteiger partial charge in [0.25, 0.3) is 5.91 Å². The van der Waals surface area contributed by atoms with Gasteiger partial charge in [-0.25, -0.2) is 8.42 Å². The SMILES string of the molecule is Cc1cc(C(=O)Nc2ccc(S(C)(=O)=O)cc2)c(C)n1-c1ccccc1C(C)C. The first-order valence-electron chi connectivity index (χ1n) is 9.49. The number of nitrogens with zero attached hydrogens (tertiary/aromatic N) is 1. The summed E-state index contributed by atoms with van der Waals surface area (Å²) in [6.07, 6.45) is 1.16. The molecule has 6 heteroatoms. The predicted molar refractivity (Wildman–Crippen MR) is 117 cm³/mol. The van der Waals surface area contributed by atoms with Crippen LogP contribution in [0.1, 0.15) is 47.1 Å². The molecule has 0 aliphatic rings. The van der Waals surface area contributed by atoms with Crippen molar-refractivity contribution in [3.63, 3.8) is 0 Å². The highest BCUT2D eigenvalue weighted by atomic mass is 32.2. The van der Waals surface area contributed by atoms with Crippen LogP contribution in [0.3, 0.4) is 0 Å². The van der Waals surface area contributed by atoms with Crippen LogP contribution in [0.5, 0.6) is 0 Å². The van der Waals surface area contributed by atoms with Gasteiger partial charge in [-0.15, -0.1) is 0 Å². The standard InChI is InChI=1S/C23H26N2O3S/c1-15(2)20-8-6-7-9-22(20)25-16(3)14-21(17(25)4)23(26)24-18-10-12-19(13-11-18)29(5,27)28/h6-15H,1-5H3,(H,24,26). The molecular formula is C23H26N2O3S. The second-order valence-electron chi connectivity index (χ2n) is 7.58. The summed E-state index contributed by atoms with van der Waals surface area (Å²) < 4.78 is 25.3. The van der Waals surface area contributed by atoms with Gasteiger partial charge < -0.3 is 9.88 Å². The van der Waals surface area contributed by atoms with Crippen molar-refractivity contribution in [3.8, 4) is 5.69 Å². The molecular weight excluding hydrogens is 384 g/mol. The van der Waals surface area contributed by atoms with E-state index in [2.05, 4.69) is 35.9 Å². The zero-order chi connectivity index (χ0) is 21.3. The highest BCUT2D eigenvalue weighted by Crippen LogP contribution is 2.28. The third-order valence-electron chi connectivity index (χ3n) is 5.02. The number of sulfone groups is 1. The Bertz CT molecular complexity index is 1160. The predicted octanol–water partition coefficient (Wildman–Crippen LogP) is 4.87. The summed E-state index contributed by atoms with van der Waals surface area (Å²) in [6.45, 7) is 8.23. The van der Waals surface area contributed by atoms with Gasteiger partial charge in [-0.2, -0.15) is 0 Å². The molecule has 0 spiro atoms. The fourth-order valence-electron chi connectivity index (χ4n) is 3.53. The van der Waals surface area contributed by atoms with Crippen molar-refractivity contribution in [1.82, 2.24) is 4.57 Å². The monoisotopic (exact) mass is 410 g/mol. The summed E-state index contributed by atoms with van der Waals surface area (Å²) in [5.41, 5.74) is 5.28. The summed E-state index contributed by atoms with van der Waals surface area (Å²) in [4.78, 5) is 13.1. The maximum Gasteiger partial charge on any atom is 0.257 e. The molecule has 1 N–H and O–H groups in total. The van der Waals surface area contributed by atoms with E-state index in [9.17, 15) is 13.2 Å². The molecule has 1 aromatic heterocycles. The van der Waals surface area contributed by atoms with E-state index in [-0.39, 0.29) is 10.8 Å². The zero-order valence-corrected chi connectivity index (χ0v) is 18.2. The van der Waals surface area contributed by atoms with E-state index in [4.69, 9.17) is 0 Å². The van der Waals surface area contributed by atoms with Gasteiger partial charge in [-0.3, -0.25) is 4.79 Å². The lowest BCUT2D eigenvalue weighted by molar-refractivity contribution is 0.102. The lowest BCUT2D eigenvalue weighted by Crippen LogP contribution is -2.13. The molecule has 2 aromatic carbocycles. The van der Waals surface area contributed by atoms with Gasteiger partial charge in [0.2, 0.25) is 0 Å². The van der Waals surface area contributed by atoms with Crippen molar-refractivity contribution in [3.05, 3.63) is 77.1 Å². The maximum atomic E-state index is 12.9. The molecule has 0 atom stereocenters. The fraction of sp³-hybridized carbons (Fsp3) is 0.261. The Hall–Kier alpha value is -2.86. The summed E-state index contributed by atoms with van der Waals surface area (Å²) in [7, 11) is -3.27. The Kier molecular flexibility index (Phi) is 5.66. The van der Waals surface area contributed by atoms with Crippen LogP contribution in [0.2, 0.25) is 0 Å². The summed E-state index contributed by atoms with van der Waals surface area (Å²) in [5, 5.41) is 2.86. The van der Waals surface area contributed by atoms with Crippen molar-refractivity contribution in [2.45, 2.75) is 38.5 Å². The summed E-state index contributed by atoms with van der Waals surface area (Å²) >= 11 is 0. The number of nitrogens with one attached hydrogen (secondary N) is 1. The first-order valence-corrected chi connectivity index (χ1v) is 11.4. The van der Waals surface area contributed by atoms with E-state index in [1.807, 2.05) is 32.0 Å². The quantitative estimate of drug-likeness (QED) is 0.652. The van der Waals surface area contributed by atoms with E-state index in [1.165, 1.54) is 17.7 Å². The number of anilines is 1. The van der Waals surface area contributed by atoms with Gasteiger partial charge in [0.05, 0.1) is 10.5 Å². The molecule has 0 aliphatic carbocycles. The minimum absolute atomic E-state index is 0.221. The number of aromatic nitrogens is 1. The molecule has 0 saturated carbocycles. The van der Waals surface area contributed by atoms with Crippen molar-refractivity contribution in [2.75, 3.05) is 11.6 Å². The topological polar surface area (TPSA) is 68.2 Å². The smallest absolute Gasteiger partial charge is 0.257 e. The van der Waals surface area contributed by atoms with Crippen LogP contribution in [0.4, 0.5) is 5.69 Å². The largest absolute Gasteiger partial charge is 0.322 e. The molecule has 0 aliphatic heterocycles. The third-order valence-corrected chi connectivity index (χ3v) is 6.14. The Labute approximate surface area is 172 Å². The highest BCUT2D eigenvalue weighted by Gasteiger charge is 2.19. The van der Waals surface area contributed by atoms with Crippen LogP contribution < -0.4 is 5.32 Å². The Balaban J connectivity index is 1.93. The van der Waals surface area contributed by atoms with Gasteiger partial charge in [0.15, 0.2) is 9.84 Å². The van der Waals surface area contributed by atoms with Crippen molar-refractivity contribution >= 4 is 21.4 Å². The van der Waals surface area contributed by atoms with Crippen molar-refractivity contribution in [1.29, 1.82) is 0 Å². The van der Waals surface area contributed by atoms with Gasteiger partial charge in [-0.05, 0) is 61.7 Å². The van der Waals surface area contributed by atoms with Crippen molar-refractivity contribution < 1.29 is 13.2 Å². The molecule has 5 nitrogen and oxygen atoms in total. The van der Waals surface area contributed by atoms with Crippen LogP contribution in [0.15, 0.2) is 59.5 Å². The van der Waals surface area contributed by atoms with E-state index >= 15 is 0 Å². The Morgan fingerprint density at radius 1 is 1.00 bits per heavy atom. The second kappa shape index (κ2) is 7.87. The normalized spacial score (nSPS) is 11.7. The molecule has 1 amide bonds. The molecule has 29 heavy (non-hydrogen) atoms. The second-order valence-corrected chi connectivity index (χ2v) is 9.60. The first-order chi connectivity index (χ1) is 13.6. The highest BCUT2D eigenvalue weighted by molar-refractivity contribution is 7.90. The van der Waals surface area contributed by atoms with Gasteiger partial charge in [0.1, 0.15) is 0 Å². The average Bonchev–Trinajstić information content (AvgIpc) is 2.95. The molecule has 0 fully saturated rings. The first kappa shape index (κ1) is 20.9. The number of para-hydroxylation sites is 1. The number of carbonyl (C=O) groups is 1. The summed E-state index contributed by atoms with van der Waals surface area (Å²) in [5.74, 6) is 0.136. The van der Waals surface area contributed by atoms with Crippen LogP contribution in [-0.4, -0.2) is 25.1 Å². The molecule has 0 radical (unpaired) electrons. The number of carbonyl (C=O) groups excluding carboxylic acids is 1. The number of hydrogen-bond acceptors (Lipinski definition) is 3. The van der Waals surface area contributed by atoms with Gasteiger partial charge in [-0.1, -0.05) is 32.0 Å². The number of hydrogen-bond donors (Lipinski definition) is 1. The minimum atomic E-state index is -3.27. The van der Waals surface area contributed by atoms with Crippen LogP contribution in [0.25, 0.3) is 5.69 Å². The lowest BCUT2D eigenvalue weighted by atomic mass is 10.0. The summed E-state index contributed by atoms with van der Waals surface area (Å²) in [6, 6.07) is 16.3. The molecule has 0 saturated heterocycles. The van der Waals surface area contributed by atoms with Crippen molar-refractivity contribution in [2.24, 2.45) is 0 Å². The average molecular weight is 411 g/mol. The van der Waals surface area contributed by atoms with Gasteiger partial charge in [0, 0.05) is 29.0 Å².